The van der Waals surface area contributed by atoms with Gasteiger partial charge < -0.3 is 25.8 Å². The minimum absolute atomic E-state index is 0.196. The van der Waals surface area contributed by atoms with Crippen LogP contribution in [0.4, 0.5) is 11.4 Å². The van der Waals surface area contributed by atoms with Crippen molar-refractivity contribution in [2.75, 3.05) is 23.7 Å². The maximum Gasteiger partial charge on any atom is 0.307 e. The summed E-state index contributed by atoms with van der Waals surface area (Å²) in [7, 11) is 0. The summed E-state index contributed by atoms with van der Waals surface area (Å²) in [6.07, 6.45) is 3.35. The summed E-state index contributed by atoms with van der Waals surface area (Å²) in [5.74, 6) is 0.0112. The molecule has 0 aliphatic carbocycles. The summed E-state index contributed by atoms with van der Waals surface area (Å²) in [6, 6.07) is 17.4. The van der Waals surface area contributed by atoms with Gasteiger partial charge in [-0.15, -0.1) is 0 Å². The van der Waals surface area contributed by atoms with Crippen molar-refractivity contribution < 1.29 is 19.4 Å². The number of carbonyl (C=O) groups is 2. The molecule has 1 aromatic heterocycles. The van der Waals surface area contributed by atoms with Crippen LogP contribution in [0.3, 0.4) is 0 Å². The Morgan fingerprint density at radius 1 is 1.06 bits per heavy atom. The van der Waals surface area contributed by atoms with E-state index in [2.05, 4.69) is 25.9 Å². The van der Waals surface area contributed by atoms with E-state index in [0.29, 0.717) is 22.6 Å². The number of amides is 1. The minimum atomic E-state index is -0.970. The first-order valence-corrected chi connectivity index (χ1v) is 10.9. The van der Waals surface area contributed by atoms with E-state index in [9.17, 15) is 14.7 Å². The maximum atomic E-state index is 12.6. The molecule has 1 aliphatic rings. The lowest BCUT2D eigenvalue weighted by Crippen LogP contribution is -2.35. The van der Waals surface area contributed by atoms with Gasteiger partial charge in [-0.25, -0.2) is 0 Å². The van der Waals surface area contributed by atoms with E-state index in [4.69, 9.17) is 4.74 Å². The van der Waals surface area contributed by atoms with Crippen LogP contribution in [0.2, 0.25) is 0 Å². The number of carboxylic acids is 1. The number of hydrogen-bond acceptors (Lipinski definition) is 7. The number of aliphatic imine (C=N–C) groups is 1. The van der Waals surface area contributed by atoms with E-state index in [1.165, 1.54) is 0 Å². The third-order valence-electron chi connectivity index (χ3n) is 5.11. The summed E-state index contributed by atoms with van der Waals surface area (Å²) >= 11 is 0. The van der Waals surface area contributed by atoms with E-state index >= 15 is 0 Å². The molecule has 1 amide bonds. The molecule has 0 bridgehead atoms. The van der Waals surface area contributed by atoms with Gasteiger partial charge in [0.1, 0.15) is 11.9 Å². The number of aliphatic carboxylic acids is 1. The first-order chi connectivity index (χ1) is 16.6. The number of carboxylic acid groups (broad SMARTS) is 1. The number of carbonyl (C=O) groups excluding carboxylic acids is 1. The molecule has 4 N–H and O–H groups in total. The van der Waals surface area contributed by atoms with Gasteiger partial charge in [0.15, 0.2) is 5.96 Å². The fraction of sp³-hybridized carbons (Fsp3) is 0.200. The molecule has 174 valence electrons. The number of guanidine groups is 1. The number of nitrogens with zero attached hydrogens (tertiary/aromatic N) is 2. The lowest BCUT2D eigenvalue weighted by atomic mass is 10.1. The first kappa shape index (κ1) is 22.8. The van der Waals surface area contributed by atoms with Gasteiger partial charge in [-0.1, -0.05) is 6.07 Å². The number of pyridine rings is 1. The summed E-state index contributed by atoms with van der Waals surface area (Å²) in [4.78, 5) is 32.3. The third kappa shape index (κ3) is 6.32. The van der Waals surface area contributed by atoms with Crippen LogP contribution in [0, 0.1) is 0 Å². The predicted molar refractivity (Wildman–Crippen MR) is 129 cm³/mol. The first-order valence-electron chi connectivity index (χ1n) is 10.9. The van der Waals surface area contributed by atoms with Crippen LogP contribution in [0.15, 0.2) is 78.0 Å². The quantitative estimate of drug-likeness (QED) is 0.405. The Hall–Kier alpha value is -4.40. The summed E-state index contributed by atoms with van der Waals surface area (Å²) < 4.78 is 5.88. The molecule has 2 heterocycles. The number of aromatic nitrogens is 1. The second-order valence-corrected chi connectivity index (χ2v) is 7.68. The number of ether oxygens (including phenoxy) is 1. The Bertz CT molecular complexity index is 1150. The molecule has 0 saturated carbocycles. The van der Waals surface area contributed by atoms with E-state index in [1.54, 1.807) is 60.9 Å². The normalized spacial score (nSPS) is 13.7. The molecule has 2 aromatic carbocycles. The number of anilines is 2. The molecule has 9 heteroatoms. The van der Waals surface area contributed by atoms with Crippen molar-refractivity contribution in [3.8, 4) is 5.75 Å². The molecular formula is C25H25N5O4. The molecule has 4 rings (SSSR count). The molecule has 0 spiro atoms. The van der Waals surface area contributed by atoms with Gasteiger partial charge in [-0.2, -0.15) is 0 Å². The van der Waals surface area contributed by atoms with Crippen molar-refractivity contribution >= 4 is 29.2 Å². The maximum absolute atomic E-state index is 12.6. The van der Waals surface area contributed by atoms with E-state index in [1.807, 2.05) is 12.1 Å². The van der Waals surface area contributed by atoms with Crippen molar-refractivity contribution in [2.24, 2.45) is 4.99 Å². The molecule has 34 heavy (non-hydrogen) atoms. The molecule has 0 saturated heterocycles. The molecule has 0 radical (unpaired) electrons. The van der Waals surface area contributed by atoms with Crippen LogP contribution in [0.25, 0.3) is 0 Å². The molecule has 9 nitrogen and oxygen atoms in total. The lowest BCUT2D eigenvalue weighted by molar-refractivity contribution is -0.138. The Labute approximate surface area is 196 Å². The van der Waals surface area contributed by atoms with Crippen LogP contribution in [0.5, 0.6) is 5.75 Å². The van der Waals surface area contributed by atoms with Gasteiger partial charge in [0.05, 0.1) is 6.42 Å². The third-order valence-corrected chi connectivity index (χ3v) is 5.11. The zero-order valence-corrected chi connectivity index (χ0v) is 18.4. The van der Waals surface area contributed by atoms with Gasteiger partial charge in [0, 0.05) is 48.0 Å². The van der Waals surface area contributed by atoms with Crippen molar-refractivity contribution in [1.29, 1.82) is 0 Å². The van der Waals surface area contributed by atoms with Crippen molar-refractivity contribution in [3.63, 3.8) is 0 Å². The fourth-order valence-electron chi connectivity index (χ4n) is 3.39. The Kier molecular flexibility index (Phi) is 7.34. The highest BCUT2D eigenvalue weighted by molar-refractivity contribution is 6.04. The van der Waals surface area contributed by atoms with Crippen LogP contribution < -0.4 is 20.7 Å². The van der Waals surface area contributed by atoms with Crippen molar-refractivity contribution in [3.05, 3.63) is 84.2 Å². The summed E-state index contributed by atoms with van der Waals surface area (Å²) in [5.41, 5.74) is 2.63. The van der Waals surface area contributed by atoms with E-state index in [-0.39, 0.29) is 12.3 Å². The average molecular weight is 460 g/mol. The highest BCUT2D eigenvalue weighted by Gasteiger charge is 2.18. The van der Waals surface area contributed by atoms with Crippen molar-refractivity contribution in [1.82, 2.24) is 10.3 Å². The Morgan fingerprint density at radius 2 is 1.82 bits per heavy atom. The van der Waals surface area contributed by atoms with Gasteiger partial charge in [0.25, 0.3) is 5.91 Å². The fourth-order valence-corrected chi connectivity index (χ4v) is 3.39. The molecule has 3 aromatic rings. The average Bonchev–Trinajstić information content (AvgIpc) is 2.86. The monoisotopic (exact) mass is 459 g/mol. The van der Waals surface area contributed by atoms with Gasteiger partial charge in [-0.3, -0.25) is 19.6 Å². The Morgan fingerprint density at radius 3 is 2.47 bits per heavy atom. The molecule has 1 aliphatic heterocycles. The number of rotatable bonds is 8. The zero-order valence-electron chi connectivity index (χ0n) is 18.4. The molecule has 0 fully saturated rings. The second kappa shape index (κ2) is 11.0. The van der Waals surface area contributed by atoms with Crippen LogP contribution >= 0.6 is 0 Å². The van der Waals surface area contributed by atoms with E-state index in [0.717, 1.165) is 31.2 Å². The summed E-state index contributed by atoms with van der Waals surface area (Å²) in [5, 5.41) is 18.4. The Balaban J connectivity index is 1.35. The minimum Gasteiger partial charge on any atom is -0.485 e. The van der Waals surface area contributed by atoms with Gasteiger partial charge >= 0.3 is 5.97 Å². The zero-order chi connectivity index (χ0) is 23.8. The van der Waals surface area contributed by atoms with Crippen LogP contribution in [-0.4, -0.2) is 41.0 Å². The van der Waals surface area contributed by atoms with Gasteiger partial charge in [-0.05, 0) is 61.0 Å². The van der Waals surface area contributed by atoms with Crippen molar-refractivity contribution in [2.45, 2.75) is 18.9 Å². The largest absolute Gasteiger partial charge is 0.485 e. The van der Waals surface area contributed by atoms with E-state index < -0.39 is 12.1 Å². The molecular weight excluding hydrogens is 434 g/mol. The second-order valence-electron chi connectivity index (χ2n) is 7.68. The highest BCUT2D eigenvalue weighted by Crippen LogP contribution is 2.26. The van der Waals surface area contributed by atoms with Crippen LogP contribution in [-0.2, 0) is 4.79 Å². The van der Waals surface area contributed by atoms with Gasteiger partial charge in [0.2, 0.25) is 0 Å². The topological polar surface area (TPSA) is 125 Å². The number of nitrogens with one attached hydrogen (secondary N) is 3. The molecule has 1 atom stereocenters. The number of hydrogen-bond donors (Lipinski definition) is 4. The number of benzene rings is 2. The SMILES string of the molecule is O=C(O)CC(Oc1ccc(NC(=O)c2ccc(NC3=NCCCN3)cc2)cc1)c1cccnc1. The highest BCUT2D eigenvalue weighted by atomic mass is 16.5. The standard InChI is InChI=1S/C25H25N5O4/c31-23(32)15-22(18-3-1-12-26-16-18)34-21-10-8-19(9-11-21)29-24(33)17-4-6-20(7-5-17)30-25-27-13-2-14-28-25/h1,3-12,16,22H,2,13-15H2,(H,29,33)(H,31,32)(H2,27,28,30). The summed E-state index contributed by atoms with van der Waals surface area (Å²) in [6.45, 7) is 1.68. The smallest absolute Gasteiger partial charge is 0.307 e. The lowest BCUT2D eigenvalue weighted by Gasteiger charge is -2.18. The predicted octanol–water partition coefficient (Wildman–Crippen LogP) is 3.69. The van der Waals surface area contributed by atoms with Crippen LogP contribution in [0.1, 0.15) is 34.9 Å². The molecule has 1 unspecified atom stereocenters.